The molecule has 1 saturated heterocycles. The Bertz CT molecular complexity index is 1040. The summed E-state index contributed by atoms with van der Waals surface area (Å²) in [5.41, 5.74) is 3.97. The Morgan fingerprint density at radius 1 is 0.861 bits per heavy atom. The number of carbonyl (C=O) groups is 1. The number of carbonyl (C=O) groups excluding carboxylic acids is 1. The maximum atomic E-state index is 12.4. The van der Waals surface area contributed by atoms with Crippen LogP contribution in [0.25, 0.3) is 0 Å². The van der Waals surface area contributed by atoms with Crippen molar-refractivity contribution in [2.24, 2.45) is 5.10 Å². The topological polar surface area (TPSA) is 114 Å². The number of phenolic OH excluding ortho intramolecular Hbond substituents is 1. The molecule has 2 aromatic carbocycles. The van der Waals surface area contributed by atoms with Crippen LogP contribution in [0.1, 0.15) is 11.1 Å². The largest absolute Gasteiger partial charge is 0.507 e. The van der Waals surface area contributed by atoms with E-state index in [0.29, 0.717) is 34.3 Å². The van der Waals surface area contributed by atoms with Gasteiger partial charge in [0.2, 0.25) is 5.75 Å². The zero-order valence-electron chi connectivity index (χ0n) is 21.4. The second-order valence-electron chi connectivity index (χ2n) is 8.15. The molecule has 0 aliphatic carbocycles. The van der Waals surface area contributed by atoms with Crippen molar-refractivity contribution >= 4 is 12.1 Å². The fraction of sp³-hybridized carbons (Fsp3) is 0.440. The van der Waals surface area contributed by atoms with Crippen LogP contribution in [-0.4, -0.2) is 95.3 Å². The number of hydrazone groups is 1. The lowest BCUT2D eigenvalue weighted by atomic mass is 10.1. The summed E-state index contributed by atoms with van der Waals surface area (Å²) >= 11 is 0. The van der Waals surface area contributed by atoms with Crippen LogP contribution < -0.4 is 29.1 Å². The van der Waals surface area contributed by atoms with Crippen molar-refractivity contribution in [3.05, 3.63) is 35.4 Å². The molecule has 0 bridgehead atoms. The maximum Gasteiger partial charge on any atom is 0.254 e. The van der Waals surface area contributed by atoms with E-state index in [-0.39, 0.29) is 18.2 Å². The van der Waals surface area contributed by atoms with E-state index in [1.807, 2.05) is 12.1 Å². The van der Waals surface area contributed by atoms with E-state index in [1.165, 1.54) is 26.5 Å². The van der Waals surface area contributed by atoms with Gasteiger partial charge in [0.1, 0.15) is 5.75 Å². The lowest BCUT2D eigenvalue weighted by Gasteiger charge is -2.34. The molecule has 0 aromatic heterocycles. The van der Waals surface area contributed by atoms with E-state index in [4.69, 9.17) is 23.7 Å². The minimum Gasteiger partial charge on any atom is -0.507 e. The first-order chi connectivity index (χ1) is 17.4. The minimum atomic E-state index is -0.232. The lowest BCUT2D eigenvalue weighted by Crippen LogP contribution is -2.48. The van der Waals surface area contributed by atoms with E-state index in [9.17, 15) is 9.90 Å². The van der Waals surface area contributed by atoms with Gasteiger partial charge in [-0.1, -0.05) is 0 Å². The molecule has 1 heterocycles. The van der Waals surface area contributed by atoms with Crippen LogP contribution in [0.2, 0.25) is 0 Å². The van der Waals surface area contributed by atoms with E-state index in [2.05, 4.69) is 20.3 Å². The first kappa shape index (κ1) is 26.9. The first-order valence-corrected chi connectivity index (χ1v) is 11.4. The molecule has 196 valence electrons. The summed E-state index contributed by atoms with van der Waals surface area (Å²) in [5.74, 6) is 2.42. The average molecular weight is 503 g/mol. The van der Waals surface area contributed by atoms with Crippen LogP contribution >= 0.6 is 0 Å². The van der Waals surface area contributed by atoms with E-state index in [1.54, 1.807) is 27.4 Å². The van der Waals surface area contributed by atoms with Crippen LogP contribution in [0.5, 0.6) is 34.5 Å². The molecule has 36 heavy (non-hydrogen) atoms. The van der Waals surface area contributed by atoms with E-state index in [0.717, 1.165) is 38.3 Å². The number of piperazine rings is 1. The molecular formula is C25H34N4O7. The highest BCUT2D eigenvalue weighted by atomic mass is 16.5. The van der Waals surface area contributed by atoms with Gasteiger partial charge in [-0.05, 0) is 23.8 Å². The number of rotatable bonds is 11. The monoisotopic (exact) mass is 502 g/mol. The van der Waals surface area contributed by atoms with Gasteiger partial charge >= 0.3 is 0 Å². The minimum absolute atomic E-state index is 0.0335. The van der Waals surface area contributed by atoms with Gasteiger partial charge in [-0.15, -0.1) is 0 Å². The number of aromatic hydroxyl groups is 1. The Kier molecular flexibility index (Phi) is 9.60. The Labute approximate surface area is 211 Å². The van der Waals surface area contributed by atoms with Crippen LogP contribution in [0.15, 0.2) is 29.4 Å². The standard InChI is InChI=1S/C25H34N4O7/c1-32-20-12-18(19(30)13-21(20)33-2)14-26-27-24(31)16-29-8-6-28(7-9-29)15-17-10-22(34-3)25(36-5)23(11-17)35-4/h10-14,30H,6-9,15-16H2,1-5H3,(H,27,31)/b26-14+. The number of ether oxygens (including phenoxy) is 5. The third-order valence-corrected chi connectivity index (χ3v) is 5.89. The summed E-state index contributed by atoms with van der Waals surface area (Å²) in [7, 11) is 7.78. The normalized spacial score (nSPS) is 14.5. The van der Waals surface area contributed by atoms with Crippen molar-refractivity contribution in [3.63, 3.8) is 0 Å². The molecule has 11 nitrogen and oxygen atoms in total. The Morgan fingerprint density at radius 2 is 1.42 bits per heavy atom. The second kappa shape index (κ2) is 12.8. The van der Waals surface area contributed by atoms with Crippen LogP contribution in [0, 0.1) is 0 Å². The second-order valence-corrected chi connectivity index (χ2v) is 8.15. The van der Waals surface area contributed by atoms with Crippen molar-refractivity contribution in [3.8, 4) is 34.5 Å². The van der Waals surface area contributed by atoms with Gasteiger partial charge in [0.25, 0.3) is 5.91 Å². The molecule has 1 amide bonds. The molecule has 1 fully saturated rings. The quantitative estimate of drug-likeness (QED) is 0.350. The summed E-state index contributed by atoms with van der Waals surface area (Å²) in [4.78, 5) is 16.7. The molecule has 0 atom stereocenters. The molecule has 0 unspecified atom stereocenters. The first-order valence-electron chi connectivity index (χ1n) is 11.4. The van der Waals surface area contributed by atoms with Gasteiger partial charge in [-0.3, -0.25) is 14.6 Å². The summed E-state index contributed by atoms with van der Waals surface area (Å²) in [6, 6.07) is 6.92. The Hall–Kier alpha value is -3.70. The van der Waals surface area contributed by atoms with E-state index < -0.39 is 0 Å². The van der Waals surface area contributed by atoms with Crippen molar-refractivity contribution in [2.45, 2.75) is 6.54 Å². The molecular weight excluding hydrogens is 468 g/mol. The summed E-state index contributed by atoms with van der Waals surface area (Å²) in [6.07, 6.45) is 1.37. The van der Waals surface area contributed by atoms with Crippen molar-refractivity contribution < 1.29 is 33.6 Å². The predicted octanol–water partition coefficient (Wildman–Crippen LogP) is 1.70. The zero-order chi connectivity index (χ0) is 26.1. The smallest absolute Gasteiger partial charge is 0.254 e. The van der Waals surface area contributed by atoms with Gasteiger partial charge in [0, 0.05) is 44.4 Å². The number of phenols is 1. The number of hydrogen-bond donors (Lipinski definition) is 2. The molecule has 0 radical (unpaired) electrons. The molecule has 1 aliphatic rings. The van der Waals surface area contributed by atoms with Crippen LogP contribution in [0.3, 0.4) is 0 Å². The summed E-state index contributed by atoms with van der Waals surface area (Å²) < 4.78 is 26.7. The maximum absolute atomic E-state index is 12.4. The van der Waals surface area contributed by atoms with Gasteiger partial charge in [-0.25, -0.2) is 5.43 Å². The number of nitrogens with one attached hydrogen (secondary N) is 1. The fourth-order valence-corrected chi connectivity index (χ4v) is 3.99. The SMILES string of the molecule is COc1cc(O)c(/C=N/NC(=O)CN2CCN(Cc3cc(OC)c(OC)c(OC)c3)CC2)cc1OC. The number of benzene rings is 2. The highest BCUT2D eigenvalue weighted by Gasteiger charge is 2.21. The molecule has 1 aliphatic heterocycles. The average Bonchev–Trinajstić information content (AvgIpc) is 2.89. The molecule has 0 spiro atoms. The molecule has 3 rings (SSSR count). The summed E-state index contributed by atoms with van der Waals surface area (Å²) in [6.45, 7) is 4.08. The van der Waals surface area contributed by atoms with Gasteiger partial charge < -0.3 is 28.8 Å². The molecule has 11 heteroatoms. The molecule has 0 saturated carbocycles. The zero-order valence-corrected chi connectivity index (χ0v) is 21.4. The van der Waals surface area contributed by atoms with E-state index >= 15 is 0 Å². The van der Waals surface area contributed by atoms with Gasteiger partial charge in [-0.2, -0.15) is 5.10 Å². The number of amides is 1. The molecule has 2 N–H and O–H groups in total. The van der Waals surface area contributed by atoms with Crippen molar-refractivity contribution in [1.29, 1.82) is 0 Å². The lowest BCUT2D eigenvalue weighted by molar-refractivity contribution is -0.122. The van der Waals surface area contributed by atoms with Gasteiger partial charge in [0.05, 0.1) is 48.3 Å². The predicted molar refractivity (Wildman–Crippen MR) is 135 cm³/mol. The highest BCUT2D eigenvalue weighted by molar-refractivity contribution is 5.86. The Balaban J connectivity index is 1.49. The molecule has 2 aromatic rings. The highest BCUT2D eigenvalue weighted by Crippen LogP contribution is 2.38. The third-order valence-electron chi connectivity index (χ3n) is 5.89. The number of hydrogen-bond acceptors (Lipinski definition) is 10. The van der Waals surface area contributed by atoms with Gasteiger partial charge in [0.15, 0.2) is 23.0 Å². The Morgan fingerprint density at radius 3 is 1.97 bits per heavy atom. The van der Waals surface area contributed by atoms with Crippen molar-refractivity contribution in [2.75, 3.05) is 68.3 Å². The third kappa shape index (κ3) is 6.70. The number of nitrogens with zero attached hydrogens (tertiary/aromatic N) is 3. The van der Waals surface area contributed by atoms with Crippen LogP contribution in [-0.2, 0) is 11.3 Å². The fourth-order valence-electron chi connectivity index (χ4n) is 3.99. The number of methoxy groups -OCH3 is 5. The van der Waals surface area contributed by atoms with Crippen LogP contribution in [0.4, 0.5) is 0 Å². The van der Waals surface area contributed by atoms with Crippen molar-refractivity contribution in [1.82, 2.24) is 15.2 Å². The summed E-state index contributed by atoms with van der Waals surface area (Å²) in [5, 5.41) is 14.1.